The molecule has 0 aliphatic carbocycles. The van der Waals surface area contributed by atoms with Crippen LogP contribution in [0.25, 0.3) is 11.0 Å². The van der Waals surface area contributed by atoms with Gasteiger partial charge in [-0.05, 0) is 42.6 Å². The number of hydrogen-bond donors (Lipinski definition) is 1. The van der Waals surface area contributed by atoms with Crippen molar-refractivity contribution in [1.82, 2.24) is 14.9 Å². The summed E-state index contributed by atoms with van der Waals surface area (Å²) in [5.74, 6) is 0. The summed E-state index contributed by atoms with van der Waals surface area (Å²) in [7, 11) is 0. The van der Waals surface area contributed by atoms with Crippen molar-refractivity contribution in [3.8, 4) is 0 Å². The number of nitrogens with one attached hydrogen (secondary N) is 1. The average Bonchev–Trinajstić information content (AvgIpc) is 2.67. The molecular formula is C15H21N3. The van der Waals surface area contributed by atoms with Crippen LogP contribution in [-0.4, -0.2) is 28.0 Å². The van der Waals surface area contributed by atoms with E-state index in [2.05, 4.69) is 42.8 Å². The highest BCUT2D eigenvalue weighted by atomic mass is 15.2. The molecule has 0 aromatic carbocycles. The molecule has 0 radical (unpaired) electrons. The van der Waals surface area contributed by atoms with Gasteiger partial charge in [-0.3, -0.25) is 4.90 Å². The Kier molecular flexibility index (Phi) is 2.67. The van der Waals surface area contributed by atoms with Gasteiger partial charge in [-0.25, -0.2) is 4.98 Å². The molecule has 18 heavy (non-hydrogen) atoms. The fourth-order valence-electron chi connectivity index (χ4n) is 2.54. The number of nitrogens with zero attached hydrogens (tertiary/aromatic N) is 2. The molecule has 2 aromatic rings. The summed E-state index contributed by atoms with van der Waals surface area (Å²) in [6.45, 7) is 10.2. The minimum absolute atomic E-state index is 0.151. The lowest BCUT2D eigenvalue weighted by atomic mass is 9.85. The van der Waals surface area contributed by atoms with Crippen molar-refractivity contribution in [2.45, 2.75) is 39.2 Å². The summed E-state index contributed by atoms with van der Waals surface area (Å²) in [6, 6.07) is 4.40. The number of pyridine rings is 1. The van der Waals surface area contributed by atoms with Crippen LogP contribution in [0.2, 0.25) is 0 Å². The Hall–Kier alpha value is -1.35. The molecule has 0 unspecified atom stereocenters. The van der Waals surface area contributed by atoms with Gasteiger partial charge in [-0.1, -0.05) is 20.8 Å². The van der Waals surface area contributed by atoms with Crippen LogP contribution < -0.4 is 0 Å². The average molecular weight is 243 g/mol. The summed E-state index contributed by atoms with van der Waals surface area (Å²) in [4.78, 5) is 10.5. The van der Waals surface area contributed by atoms with Crippen molar-refractivity contribution in [1.29, 1.82) is 0 Å². The number of aromatic amines is 1. The van der Waals surface area contributed by atoms with Crippen LogP contribution in [0.3, 0.4) is 0 Å². The van der Waals surface area contributed by atoms with E-state index in [9.17, 15) is 0 Å². The fourth-order valence-corrected chi connectivity index (χ4v) is 2.54. The maximum atomic E-state index is 4.83. The molecule has 96 valence electrons. The lowest BCUT2D eigenvalue weighted by Crippen LogP contribution is -2.37. The molecular weight excluding hydrogens is 222 g/mol. The Morgan fingerprint density at radius 3 is 2.72 bits per heavy atom. The maximum absolute atomic E-state index is 4.83. The number of aromatic nitrogens is 2. The lowest BCUT2D eigenvalue weighted by Gasteiger charge is -2.32. The molecule has 0 amide bonds. The number of hydrogen-bond acceptors (Lipinski definition) is 2. The smallest absolute Gasteiger partial charge is 0.137 e. The third kappa shape index (κ3) is 2.03. The van der Waals surface area contributed by atoms with Crippen LogP contribution in [0.4, 0.5) is 0 Å². The quantitative estimate of drug-likeness (QED) is 0.879. The van der Waals surface area contributed by atoms with Crippen molar-refractivity contribution < 1.29 is 0 Å². The molecule has 1 N–H and O–H groups in total. The van der Waals surface area contributed by atoms with E-state index in [1.807, 2.05) is 6.20 Å². The van der Waals surface area contributed by atoms with Gasteiger partial charge < -0.3 is 4.98 Å². The minimum Gasteiger partial charge on any atom is -0.346 e. The Bertz CT molecular complexity index is 559. The van der Waals surface area contributed by atoms with E-state index < -0.39 is 0 Å². The molecule has 1 fully saturated rings. The summed E-state index contributed by atoms with van der Waals surface area (Å²) >= 11 is 0. The predicted octanol–water partition coefficient (Wildman–Crippen LogP) is 3.07. The molecule has 1 aliphatic heterocycles. The zero-order chi connectivity index (χ0) is 12.8. The second-order valence-electron chi connectivity index (χ2n) is 6.28. The van der Waals surface area contributed by atoms with E-state index >= 15 is 0 Å². The predicted molar refractivity (Wildman–Crippen MR) is 74.7 cm³/mol. The molecule has 3 heteroatoms. The molecule has 0 atom stereocenters. The zero-order valence-corrected chi connectivity index (χ0v) is 11.5. The topological polar surface area (TPSA) is 31.9 Å². The van der Waals surface area contributed by atoms with E-state index in [4.69, 9.17) is 4.98 Å². The van der Waals surface area contributed by atoms with Crippen LogP contribution in [0.1, 0.15) is 38.4 Å². The van der Waals surface area contributed by atoms with Gasteiger partial charge in [0, 0.05) is 18.1 Å². The summed E-state index contributed by atoms with van der Waals surface area (Å²) in [5.41, 5.74) is 3.77. The first-order chi connectivity index (χ1) is 8.54. The van der Waals surface area contributed by atoms with Crippen molar-refractivity contribution in [2.75, 3.05) is 13.1 Å². The molecule has 0 spiro atoms. The van der Waals surface area contributed by atoms with E-state index in [-0.39, 0.29) is 5.41 Å². The molecule has 3 rings (SSSR count). The van der Waals surface area contributed by atoms with Crippen LogP contribution in [-0.2, 0) is 12.0 Å². The summed E-state index contributed by atoms with van der Waals surface area (Å²) in [6.07, 6.45) is 3.30. The summed E-state index contributed by atoms with van der Waals surface area (Å²) < 4.78 is 0. The van der Waals surface area contributed by atoms with Crippen LogP contribution in [0, 0.1) is 0 Å². The monoisotopic (exact) mass is 243 g/mol. The third-order valence-electron chi connectivity index (χ3n) is 3.74. The van der Waals surface area contributed by atoms with Crippen molar-refractivity contribution in [3.63, 3.8) is 0 Å². The number of H-pyrrole nitrogens is 1. The highest BCUT2D eigenvalue weighted by Gasteiger charge is 2.23. The Labute approximate surface area is 108 Å². The third-order valence-corrected chi connectivity index (χ3v) is 3.74. The standard InChI is InChI=1S/C15H21N3/c1-15(2,3)12-9-11-5-6-16-14(11)17-13(12)10-18-7-4-8-18/h5-6,9H,4,7-8,10H2,1-3H3,(H,16,17). The highest BCUT2D eigenvalue weighted by molar-refractivity contribution is 5.76. The van der Waals surface area contributed by atoms with Crippen molar-refractivity contribution >= 4 is 11.0 Å². The normalized spacial score (nSPS) is 17.1. The van der Waals surface area contributed by atoms with Crippen molar-refractivity contribution in [2.24, 2.45) is 0 Å². The Balaban J connectivity index is 2.06. The fraction of sp³-hybridized carbons (Fsp3) is 0.533. The Morgan fingerprint density at radius 1 is 1.33 bits per heavy atom. The maximum Gasteiger partial charge on any atom is 0.137 e. The number of likely N-dealkylation sites (tertiary alicyclic amines) is 1. The molecule has 0 saturated carbocycles. The Morgan fingerprint density at radius 2 is 2.11 bits per heavy atom. The van der Waals surface area contributed by atoms with Gasteiger partial charge in [0.15, 0.2) is 0 Å². The molecule has 0 bridgehead atoms. The molecule has 3 heterocycles. The van der Waals surface area contributed by atoms with E-state index in [0.717, 1.165) is 12.2 Å². The van der Waals surface area contributed by atoms with E-state index in [1.54, 1.807) is 0 Å². The number of rotatable bonds is 2. The van der Waals surface area contributed by atoms with Gasteiger partial charge in [0.05, 0.1) is 5.69 Å². The van der Waals surface area contributed by atoms with Crippen LogP contribution >= 0.6 is 0 Å². The first-order valence-electron chi connectivity index (χ1n) is 6.74. The van der Waals surface area contributed by atoms with Gasteiger partial charge in [0.1, 0.15) is 5.65 Å². The van der Waals surface area contributed by atoms with Gasteiger partial charge in [0.25, 0.3) is 0 Å². The van der Waals surface area contributed by atoms with Gasteiger partial charge in [-0.2, -0.15) is 0 Å². The van der Waals surface area contributed by atoms with E-state index in [0.29, 0.717) is 0 Å². The first-order valence-corrected chi connectivity index (χ1v) is 6.74. The SMILES string of the molecule is CC(C)(C)c1cc2cc[nH]c2nc1CN1CCC1. The van der Waals surface area contributed by atoms with Gasteiger partial charge in [-0.15, -0.1) is 0 Å². The van der Waals surface area contributed by atoms with E-state index in [1.165, 1.54) is 36.2 Å². The minimum atomic E-state index is 0.151. The second kappa shape index (κ2) is 4.09. The summed E-state index contributed by atoms with van der Waals surface area (Å²) in [5, 5.41) is 1.22. The van der Waals surface area contributed by atoms with Crippen molar-refractivity contribution in [3.05, 3.63) is 29.6 Å². The van der Waals surface area contributed by atoms with Crippen LogP contribution in [0.5, 0.6) is 0 Å². The van der Waals surface area contributed by atoms with Gasteiger partial charge >= 0.3 is 0 Å². The largest absolute Gasteiger partial charge is 0.346 e. The molecule has 2 aromatic heterocycles. The van der Waals surface area contributed by atoms with Gasteiger partial charge in [0.2, 0.25) is 0 Å². The zero-order valence-electron chi connectivity index (χ0n) is 11.5. The molecule has 1 aliphatic rings. The molecule has 3 nitrogen and oxygen atoms in total. The highest BCUT2D eigenvalue weighted by Crippen LogP contribution is 2.29. The first kappa shape index (κ1) is 11.7. The number of fused-ring (bicyclic) bond motifs is 1. The lowest BCUT2D eigenvalue weighted by molar-refractivity contribution is 0.169. The second-order valence-corrected chi connectivity index (χ2v) is 6.28. The molecule has 1 saturated heterocycles. The van der Waals surface area contributed by atoms with Crippen LogP contribution in [0.15, 0.2) is 18.3 Å².